The Morgan fingerprint density at radius 2 is 1.77 bits per heavy atom. The highest BCUT2D eigenvalue weighted by Gasteiger charge is 2.47. The molecule has 2 atom stereocenters. The summed E-state index contributed by atoms with van der Waals surface area (Å²) < 4.78 is 13.1. The number of nitrogens with zero attached hydrogens (tertiary/aromatic N) is 2. The first kappa shape index (κ1) is 24.9. The smallest absolute Gasteiger partial charge is 0.269 e. The van der Waals surface area contributed by atoms with Gasteiger partial charge in [-0.2, -0.15) is 0 Å². The number of hydrogen-bond donors (Lipinski definition) is 0. The van der Waals surface area contributed by atoms with Crippen molar-refractivity contribution >= 4 is 23.2 Å². The second-order valence-electron chi connectivity index (χ2n) is 8.61. The second-order valence-corrected chi connectivity index (χ2v) is 9.05. The number of piperidine rings is 1. The van der Waals surface area contributed by atoms with Crippen LogP contribution in [0.5, 0.6) is 0 Å². The average Bonchev–Trinajstić information content (AvgIpc) is 2.87. The molecule has 35 heavy (non-hydrogen) atoms. The van der Waals surface area contributed by atoms with Crippen LogP contribution in [0.25, 0.3) is 0 Å². The fourth-order valence-corrected chi connectivity index (χ4v) is 4.55. The van der Waals surface area contributed by atoms with Crippen molar-refractivity contribution in [3.8, 4) is 0 Å². The van der Waals surface area contributed by atoms with Crippen LogP contribution in [0.4, 0.5) is 5.69 Å². The van der Waals surface area contributed by atoms with Gasteiger partial charge in [-0.05, 0) is 28.8 Å². The van der Waals surface area contributed by atoms with Crippen molar-refractivity contribution in [2.45, 2.75) is 38.3 Å². The molecule has 182 valence electrons. The lowest BCUT2D eigenvalue weighted by Crippen LogP contribution is -2.56. The van der Waals surface area contributed by atoms with Gasteiger partial charge in [-0.1, -0.05) is 66.2 Å². The van der Waals surface area contributed by atoms with Gasteiger partial charge in [-0.15, -0.1) is 0 Å². The first-order chi connectivity index (χ1) is 16.9. The first-order valence-corrected chi connectivity index (χ1v) is 11.8. The molecule has 0 aliphatic carbocycles. The highest BCUT2D eigenvalue weighted by Crippen LogP contribution is 2.40. The van der Waals surface area contributed by atoms with Gasteiger partial charge >= 0.3 is 0 Å². The van der Waals surface area contributed by atoms with Crippen LogP contribution in [-0.2, 0) is 33.1 Å². The molecule has 0 saturated carbocycles. The third-order valence-corrected chi connectivity index (χ3v) is 6.60. The van der Waals surface area contributed by atoms with Gasteiger partial charge < -0.3 is 14.4 Å². The van der Waals surface area contributed by atoms with E-state index < -0.39 is 16.6 Å². The SMILES string of the molecule is CC(=O)N1CC[C@@](OCc2ccccc2)(c2ccc(Cl)cc2)[C@@H](OCc2cccc([N+](=O)[O-])c2)C1. The lowest BCUT2D eigenvalue weighted by Gasteiger charge is -2.47. The summed E-state index contributed by atoms with van der Waals surface area (Å²) in [5.74, 6) is -0.0401. The summed E-state index contributed by atoms with van der Waals surface area (Å²) >= 11 is 6.17. The number of nitro groups is 1. The number of non-ortho nitro benzene ring substituents is 1. The molecule has 3 aromatic carbocycles. The Balaban J connectivity index is 1.67. The Kier molecular flexibility index (Phi) is 7.80. The van der Waals surface area contributed by atoms with Crippen LogP contribution in [0.3, 0.4) is 0 Å². The second kappa shape index (κ2) is 11.0. The highest BCUT2D eigenvalue weighted by atomic mass is 35.5. The number of rotatable bonds is 8. The van der Waals surface area contributed by atoms with Gasteiger partial charge in [0.25, 0.3) is 5.69 Å². The molecule has 0 radical (unpaired) electrons. The Hall–Kier alpha value is -3.26. The topological polar surface area (TPSA) is 81.9 Å². The Labute approximate surface area is 209 Å². The van der Waals surface area contributed by atoms with Gasteiger partial charge in [0.1, 0.15) is 11.7 Å². The molecule has 4 rings (SSSR count). The van der Waals surface area contributed by atoms with Gasteiger partial charge in [0, 0.05) is 37.0 Å². The Morgan fingerprint density at radius 1 is 1.06 bits per heavy atom. The van der Waals surface area contributed by atoms with Crippen molar-refractivity contribution in [3.05, 3.63) is 111 Å². The van der Waals surface area contributed by atoms with E-state index in [-0.39, 0.29) is 18.2 Å². The minimum Gasteiger partial charge on any atom is -0.368 e. The molecular weight excluding hydrogens is 468 g/mol. The third-order valence-electron chi connectivity index (χ3n) is 6.35. The van der Waals surface area contributed by atoms with E-state index in [9.17, 15) is 14.9 Å². The van der Waals surface area contributed by atoms with Crippen LogP contribution in [0.2, 0.25) is 5.02 Å². The van der Waals surface area contributed by atoms with Crippen molar-refractivity contribution in [1.29, 1.82) is 0 Å². The van der Waals surface area contributed by atoms with Gasteiger partial charge in [0.2, 0.25) is 5.91 Å². The minimum atomic E-state index is -0.840. The van der Waals surface area contributed by atoms with Gasteiger partial charge in [-0.25, -0.2) is 0 Å². The number of halogens is 1. The fraction of sp³-hybridized carbons (Fsp3) is 0.296. The predicted octanol–water partition coefficient (Wildman–Crippen LogP) is 5.50. The summed E-state index contributed by atoms with van der Waals surface area (Å²) in [5, 5.41) is 11.8. The predicted molar refractivity (Wildman–Crippen MR) is 133 cm³/mol. The molecule has 1 aliphatic heterocycles. The van der Waals surface area contributed by atoms with E-state index >= 15 is 0 Å². The van der Waals surface area contributed by atoms with E-state index in [0.717, 1.165) is 11.1 Å². The van der Waals surface area contributed by atoms with E-state index in [2.05, 4.69) is 0 Å². The van der Waals surface area contributed by atoms with Gasteiger partial charge in [-0.3, -0.25) is 14.9 Å². The number of likely N-dealkylation sites (tertiary alicyclic amines) is 1. The molecule has 1 fully saturated rings. The molecule has 3 aromatic rings. The molecule has 0 aromatic heterocycles. The van der Waals surface area contributed by atoms with E-state index in [1.165, 1.54) is 19.1 Å². The molecule has 1 saturated heterocycles. The number of amides is 1. The molecule has 0 unspecified atom stereocenters. The Morgan fingerprint density at radius 3 is 2.46 bits per heavy atom. The third kappa shape index (κ3) is 5.88. The average molecular weight is 495 g/mol. The highest BCUT2D eigenvalue weighted by molar-refractivity contribution is 6.30. The lowest BCUT2D eigenvalue weighted by molar-refractivity contribution is -0.385. The van der Waals surface area contributed by atoms with Crippen LogP contribution in [0.1, 0.15) is 30.0 Å². The minimum absolute atomic E-state index is 0.00407. The monoisotopic (exact) mass is 494 g/mol. The number of carbonyl (C=O) groups excluding carboxylic acids is 1. The van der Waals surface area contributed by atoms with Gasteiger partial charge in [0.15, 0.2) is 0 Å². The molecular formula is C27H27ClN2O5. The number of carbonyl (C=O) groups is 1. The number of hydrogen-bond acceptors (Lipinski definition) is 5. The molecule has 0 N–H and O–H groups in total. The van der Waals surface area contributed by atoms with Crippen molar-refractivity contribution in [1.82, 2.24) is 4.90 Å². The summed E-state index contributed by atoms with van der Waals surface area (Å²) in [4.78, 5) is 24.8. The number of benzene rings is 3. The maximum atomic E-state index is 12.2. The van der Waals surface area contributed by atoms with Crippen molar-refractivity contribution in [2.75, 3.05) is 13.1 Å². The Bertz CT molecular complexity index is 1170. The molecule has 7 nitrogen and oxygen atoms in total. The quantitative estimate of drug-likeness (QED) is 0.305. The zero-order valence-electron chi connectivity index (χ0n) is 19.4. The molecule has 0 bridgehead atoms. The molecule has 0 spiro atoms. The summed E-state index contributed by atoms with van der Waals surface area (Å²) in [7, 11) is 0. The van der Waals surface area contributed by atoms with Crippen LogP contribution < -0.4 is 0 Å². The molecule has 1 amide bonds. The van der Waals surface area contributed by atoms with Crippen LogP contribution in [-0.4, -0.2) is 34.9 Å². The maximum absolute atomic E-state index is 12.2. The van der Waals surface area contributed by atoms with E-state index in [1.807, 2.05) is 54.6 Å². The lowest BCUT2D eigenvalue weighted by atomic mass is 9.81. The van der Waals surface area contributed by atoms with E-state index in [1.54, 1.807) is 17.0 Å². The zero-order chi connectivity index (χ0) is 24.8. The normalized spacial score (nSPS) is 19.9. The number of ether oxygens (including phenoxy) is 2. The summed E-state index contributed by atoms with van der Waals surface area (Å²) in [6, 6.07) is 23.7. The van der Waals surface area contributed by atoms with Crippen molar-refractivity contribution < 1.29 is 19.2 Å². The van der Waals surface area contributed by atoms with Crippen molar-refractivity contribution in [3.63, 3.8) is 0 Å². The van der Waals surface area contributed by atoms with Gasteiger partial charge in [0.05, 0.1) is 24.7 Å². The summed E-state index contributed by atoms with van der Waals surface area (Å²) in [6.45, 7) is 2.89. The van der Waals surface area contributed by atoms with E-state index in [4.69, 9.17) is 21.1 Å². The van der Waals surface area contributed by atoms with Crippen LogP contribution >= 0.6 is 11.6 Å². The maximum Gasteiger partial charge on any atom is 0.269 e. The standard InChI is InChI=1S/C27H27ClN2O5/c1-20(31)29-15-14-27(23-10-12-24(28)13-11-23,35-19-21-6-3-2-4-7-21)26(17-29)34-18-22-8-5-9-25(16-22)30(32)33/h2-13,16,26H,14-15,17-19H2,1H3/t26-,27+/m0/s1. The largest absolute Gasteiger partial charge is 0.368 e. The summed E-state index contributed by atoms with van der Waals surface area (Å²) in [5.41, 5.74) is 1.77. The van der Waals surface area contributed by atoms with Crippen LogP contribution in [0.15, 0.2) is 78.9 Å². The molecule has 1 aliphatic rings. The zero-order valence-corrected chi connectivity index (χ0v) is 20.2. The fourth-order valence-electron chi connectivity index (χ4n) is 4.43. The molecule has 8 heteroatoms. The molecule has 1 heterocycles. The van der Waals surface area contributed by atoms with Crippen LogP contribution in [0, 0.1) is 10.1 Å². The first-order valence-electron chi connectivity index (χ1n) is 11.4. The van der Waals surface area contributed by atoms with Crippen molar-refractivity contribution in [2.24, 2.45) is 0 Å². The summed E-state index contributed by atoms with van der Waals surface area (Å²) in [6.07, 6.45) is 0.0185. The number of nitro benzene ring substituents is 1. The van der Waals surface area contributed by atoms with E-state index in [0.29, 0.717) is 36.7 Å².